The summed E-state index contributed by atoms with van der Waals surface area (Å²) in [5.74, 6) is 1.76. The summed E-state index contributed by atoms with van der Waals surface area (Å²) >= 11 is 0. The molecule has 1 aromatic rings. The summed E-state index contributed by atoms with van der Waals surface area (Å²) in [6.07, 6.45) is 4.13. The summed E-state index contributed by atoms with van der Waals surface area (Å²) in [6.45, 7) is 15.8. The number of hydrogen-bond donors (Lipinski definition) is 0. The minimum Gasteiger partial charge on any atom is -0.371 e. The molecular formula is C21H34N2. The highest BCUT2D eigenvalue weighted by atomic mass is 15.2. The van der Waals surface area contributed by atoms with Gasteiger partial charge in [-0.15, -0.1) is 0 Å². The third kappa shape index (κ3) is 4.29. The maximum Gasteiger partial charge on any atom is 0.0368 e. The zero-order chi connectivity index (χ0) is 16.4. The molecule has 1 unspecified atom stereocenters. The molecule has 0 bridgehead atoms. The van der Waals surface area contributed by atoms with Gasteiger partial charge in [-0.2, -0.15) is 0 Å². The van der Waals surface area contributed by atoms with Crippen LogP contribution in [0, 0.1) is 24.2 Å². The molecule has 2 heterocycles. The van der Waals surface area contributed by atoms with E-state index in [1.165, 1.54) is 63.2 Å². The Morgan fingerprint density at radius 3 is 2.43 bits per heavy atom. The fraction of sp³-hybridized carbons (Fsp3) is 0.714. The fourth-order valence-corrected chi connectivity index (χ4v) is 4.39. The minimum atomic E-state index is 0.488. The lowest BCUT2D eigenvalue weighted by Gasteiger charge is -2.39. The van der Waals surface area contributed by atoms with Gasteiger partial charge in [-0.25, -0.2) is 0 Å². The molecule has 128 valence electrons. The Labute approximate surface area is 142 Å². The third-order valence-corrected chi connectivity index (χ3v) is 5.98. The maximum absolute atomic E-state index is 2.73. The van der Waals surface area contributed by atoms with Crippen LogP contribution in [0.3, 0.4) is 0 Å². The topological polar surface area (TPSA) is 6.48 Å². The summed E-state index contributed by atoms with van der Waals surface area (Å²) in [5.41, 5.74) is 3.27. The monoisotopic (exact) mass is 314 g/mol. The average molecular weight is 315 g/mol. The quantitative estimate of drug-likeness (QED) is 0.806. The normalized spacial score (nSPS) is 24.3. The predicted octanol–water partition coefficient (Wildman–Crippen LogP) is 4.58. The molecule has 0 radical (unpaired) electrons. The van der Waals surface area contributed by atoms with Crippen LogP contribution in [0.25, 0.3) is 0 Å². The van der Waals surface area contributed by atoms with Crippen LogP contribution < -0.4 is 4.90 Å². The van der Waals surface area contributed by atoms with E-state index in [4.69, 9.17) is 0 Å². The van der Waals surface area contributed by atoms with Crippen LogP contribution >= 0.6 is 0 Å². The fourth-order valence-electron chi connectivity index (χ4n) is 4.39. The lowest BCUT2D eigenvalue weighted by Crippen LogP contribution is -2.40. The largest absolute Gasteiger partial charge is 0.371 e. The molecule has 2 fully saturated rings. The van der Waals surface area contributed by atoms with Crippen LogP contribution in [0.2, 0.25) is 0 Å². The SMILES string of the molecule is Cc1cccc(N2CCC(CN3CCC(C(C)(C)C)CC3)C2)c1. The highest BCUT2D eigenvalue weighted by molar-refractivity contribution is 5.49. The number of likely N-dealkylation sites (tertiary alicyclic amines) is 1. The van der Waals surface area contributed by atoms with Crippen molar-refractivity contribution in [2.45, 2.75) is 47.0 Å². The number of anilines is 1. The van der Waals surface area contributed by atoms with Gasteiger partial charge in [0.15, 0.2) is 0 Å². The summed E-state index contributed by atoms with van der Waals surface area (Å²) in [6, 6.07) is 8.98. The molecule has 0 aromatic heterocycles. The summed E-state index contributed by atoms with van der Waals surface area (Å²) in [4.78, 5) is 5.31. The molecule has 0 aliphatic carbocycles. The van der Waals surface area contributed by atoms with Gasteiger partial charge < -0.3 is 9.80 Å². The van der Waals surface area contributed by atoms with E-state index in [1.807, 2.05) is 0 Å². The molecule has 0 amide bonds. The van der Waals surface area contributed by atoms with Crippen molar-refractivity contribution in [1.82, 2.24) is 4.90 Å². The number of aryl methyl sites for hydroxylation is 1. The first-order valence-electron chi connectivity index (χ1n) is 9.46. The van der Waals surface area contributed by atoms with Crippen LogP contribution in [-0.4, -0.2) is 37.6 Å². The standard InChI is InChI=1S/C21H34N2/c1-17-6-5-7-20(14-17)23-13-8-18(16-23)15-22-11-9-19(10-12-22)21(2,3)4/h5-7,14,18-19H,8-13,15-16H2,1-4H3. The van der Waals surface area contributed by atoms with Crippen LogP contribution in [0.1, 0.15) is 45.6 Å². The van der Waals surface area contributed by atoms with Crippen molar-refractivity contribution in [3.05, 3.63) is 29.8 Å². The molecule has 0 spiro atoms. The van der Waals surface area contributed by atoms with Crippen molar-refractivity contribution in [1.29, 1.82) is 0 Å². The molecule has 0 saturated carbocycles. The Balaban J connectivity index is 1.48. The predicted molar refractivity (Wildman–Crippen MR) is 100 cm³/mol. The zero-order valence-electron chi connectivity index (χ0n) is 15.5. The second kappa shape index (κ2) is 6.84. The Bertz CT molecular complexity index is 509. The van der Waals surface area contributed by atoms with E-state index in [1.54, 1.807) is 0 Å². The zero-order valence-corrected chi connectivity index (χ0v) is 15.5. The second-order valence-electron chi connectivity index (χ2n) is 8.88. The maximum atomic E-state index is 2.73. The highest BCUT2D eigenvalue weighted by Gasteiger charge is 2.31. The van der Waals surface area contributed by atoms with Gasteiger partial charge in [-0.3, -0.25) is 0 Å². The molecule has 3 rings (SSSR count). The van der Waals surface area contributed by atoms with E-state index >= 15 is 0 Å². The first kappa shape index (κ1) is 16.8. The number of nitrogens with zero attached hydrogens (tertiary/aromatic N) is 2. The smallest absolute Gasteiger partial charge is 0.0368 e. The first-order chi connectivity index (χ1) is 10.9. The second-order valence-corrected chi connectivity index (χ2v) is 8.88. The van der Waals surface area contributed by atoms with Gasteiger partial charge in [-0.05, 0) is 74.2 Å². The average Bonchev–Trinajstić information content (AvgIpc) is 2.95. The van der Waals surface area contributed by atoms with E-state index in [9.17, 15) is 0 Å². The van der Waals surface area contributed by atoms with Crippen LogP contribution in [0.4, 0.5) is 5.69 Å². The highest BCUT2D eigenvalue weighted by Crippen LogP contribution is 2.35. The molecule has 2 aliphatic rings. The number of rotatable bonds is 3. The van der Waals surface area contributed by atoms with E-state index in [0.717, 1.165) is 11.8 Å². The Morgan fingerprint density at radius 2 is 1.78 bits per heavy atom. The van der Waals surface area contributed by atoms with E-state index < -0.39 is 0 Å². The van der Waals surface area contributed by atoms with Gasteiger partial charge in [0, 0.05) is 25.3 Å². The molecule has 23 heavy (non-hydrogen) atoms. The summed E-state index contributed by atoms with van der Waals surface area (Å²) in [5, 5.41) is 0. The molecular weight excluding hydrogens is 280 g/mol. The van der Waals surface area contributed by atoms with Gasteiger partial charge in [0.25, 0.3) is 0 Å². The molecule has 1 atom stereocenters. The van der Waals surface area contributed by atoms with Gasteiger partial charge in [-0.1, -0.05) is 32.9 Å². The van der Waals surface area contributed by atoms with Gasteiger partial charge >= 0.3 is 0 Å². The lowest BCUT2D eigenvalue weighted by molar-refractivity contribution is 0.103. The molecule has 2 nitrogen and oxygen atoms in total. The number of benzene rings is 1. The van der Waals surface area contributed by atoms with Gasteiger partial charge in [0.1, 0.15) is 0 Å². The minimum absolute atomic E-state index is 0.488. The number of piperidine rings is 1. The molecule has 2 heteroatoms. The van der Waals surface area contributed by atoms with Crippen LogP contribution in [-0.2, 0) is 0 Å². The van der Waals surface area contributed by atoms with Crippen molar-refractivity contribution in [3.8, 4) is 0 Å². The van der Waals surface area contributed by atoms with Gasteiger partial charge in [0.2, 0.25) is 0 Å². The van der Waals surface area contributed by atoms with Crippen LogP contribution in [0.15, 0.2) is 24.3 Å². The Morgan fingerprint density at radius 1 is 1.04 bits per heavy atom. The number of hydrogen-bond acceptors (Lipinski definition) is 2. The van der Waals surface area contributed by atoms with Crippen molar-refractivity contribution in [3.63, 3.8) is 0 Å². The molecule has 1 aromatic carbocycles. The van der Waals surface area contributed by atoms with Gasteiger partial charge in [0.05, 0.1) is 0 Å². The summed E-state index contributed by atoms with van der Waals surface area (Å²) < 4.78 is 0. The molecule has 2 saturated heterocycles. The van der Waals surface area contributed by atoms with Crippen LogP contribution in [0.5, 0.6) is 0 Å². The van der Waals surface area contributed by atoms with Crippen molar-refractivity contribution < 1.29 is 0 Å². The molecule has 2 aliphatic heterocycles. The Kier molecular flexibility index (Phi) is 5.01. The first-order valence-corrected chi connectivity index (χ1v) is 9.46. The molecule has 0 N–H and O–H groups in total. The van der Waals surface area contributed by atoms with Crippen molar-refractivity contribution in [2.75, 3.05) is 37.6 Å². The van der Waals surface area contributed by atoms with E-state index in [-0.39, 0.29) is 0 Å². The summed E-state index contributed by atoms with van der Waals surface area (Å²) in [7, 11) is 0. The van der Waals surface area contributed by atoms with Crippen molar-refractivity contribution >= 4 is 5.69 Å². The third-order valence-electron chi connectivity index (χ3n) is 5.98. The van der Waals surface area contributed by atoms with E-state index in [2.05, 4.69) is 61.8 Å². The Hall–Kier alpha value is -1.02. The lowest BCUT2D eigenvalue weighted by atomic mass is 9.75. The van der Waals surface area contributed by atoms with E-state index in [0.29, 0.717) is 5.41 Å². The van der Waals surface area contributed by atoms with Crippen molar-refractivity contribution in [2.24, 2.45) is 17.3 Å².